The molecular formula is C28H23N5O3. The smallest absolute Gasteiger partial charge is 0.289 e. The van der Waals surface area contributed by atoms with Crippen molar-refractivity contribution in [2.75, 3.05) is 11.1 Å². The number of terminal acetylenes is 1. The molecule has 0 aliphatic heterocycles. The molecule has 0 atom stereocenters. The van der Waals surface area contributed by atoms with Crippen molar-refractivity contribution in [2.24, 2.45) is 0 Å². The maximum atomic E-state index is 12.8. The molecule has 2 aromatic heterocycles. The number of aromatic amines is 1. The Labute approximate surface area is 207 Å². The predicted molar refractivity (Wildman–Crippen MR) is 143 cm³/mol. The van der Waals surface area contributed by atoms with Gasteiger partial charge in [0.15, 0.2) is 5.82 Å². The summed E-state index contributed by atoms with van der Waals surface area (Å²) in [5, 5.41) is 9.65. The Kier molecular flexibility index (Phi) is 6.84. The molecular weight excluding hydrogens is 454 g/mol. The van der Waals surface area contributed by atoms with E-state index in [9.17, 15) is 9.59 Å². The number of nitrogen functional groups attached to an aromatic ring is 1. The van der Waals surface area contributed by atoms with E-state index in [0.29, 0.717) is 33.8 Å². The number of nitrogens with zero attached hydrogens (tertiary/aromatic N) is 2. The first-order valence-electron chi connectivity index (χ1n) is 11.0. The summed E-state index contributed by atoms with van der Waals surface area (Å²) in [5.41, 5.74) is 9.04. The Morgan fingerprint density at radius 3 is 2.58 bits per heavy atom. The Balaban J connectivity index is 1.76. The molecule has 8 nitrogen and oxygen atoms in total. The van der Waals surface area contributed by atoms with Crippen LogP contribution in [0.15, 0.2) is 96.2 Å². The number of H-pyrrole nitrogens is 1. The van der Waals surface area contributed by atoms with Crippen molar-refractivity contribution in [1.82, 2.24) is 14.8 Å². The first-order chi connectivity index (χ1) is 17.4. The molecule has 0 saturated heterocycles. The van der Waals surface area contributed by atoms with Gasteiger partial charge in [0.05, 0.1) is 5.39 Å². The Hall–Kier alpha value is -5.29. The first kappa shape index (κ1) is 23.9. The van der Waals surface area contributed by atoms with E-state index in [-0.39, 0.29) is 17.3 Å². The molecule has 8 heteroatoms. The van der Waals surface area contributed by atoms with E-state index in [2.05, 4.69) is 28.0 Å². The van der Waals surface area contributed by atoms with Crippen molar-refractivity contribution >= 4 is 28.3 Å². The van der Waals surface area contributed by atoms with E-state index in [1.807, 2.05) is 43.5 Å². The van der Waals surface area contributed by atoms with Crippen LogP contribution in [0.4, 0.5) is 11.5 Å². The summed E-state index contributed by atoms with van der Waals surface area (Å²) in [4.78, 5) is 24.4. The zero-order valence-electron chi connectivity index (χ0n) is 19.5. The van der Waals surface area contributed by atoms with Crippen LogP contribution in [-0.2, 0) is 4.79 Å². The highest BCUT2D eigenvalue weighted by Gasteiger charge is 2.18. The van der Waals surface area contributed by atoms with Crippen LogP contribution in [0.5, 0.6) is 5.75 Å². The van der Waals surface area contributed by atoms with Gasteiger partial charge in [0, 0.05) is 23.1 Å². The van der Waals surface area contributed by atoms with Gasteiger partial charge in [0.1, 0.15) is 17.0 Å². The van der Waals surface area contributed by atoms with Crippen LogP contribution >= 0.6 is 0 Å². The summed E-state index contributed by atoms with van der Waals surface area (Å²) in [6, 6.07) is 14.4. The fourth-order valence-electron chi connectivity index (χ4n) is 3.69. The van der Waals surface area contributed by atoms with Crippen LogP contribution in [0, 0.1) is 12.3 Å². The number of ether oxygens (including phenoxy) is 1. The highest BCUT2D eigenvalue weighted by atomic mass is 16.5. The van der Waals surface area contributed by atoms with E-state index in [1.54, 1.807) is 41.0 Å². The number of fused-ring (bicyclic) bond motifs is 1. The molecule has 0 fully saturated rings. The minimum atomic E-state index is -0.382. The number of anilines is 2. The van der Waals surface area contributed by atoms with Gasteiger partial charge < -0.3 is 20.4 Å². The third-order valence-corrected chi connectivity index (χ3v) is 5.38. The molecule has 0 aliphatic rings. The van der Waals surface area contributed by atoms with Crippen LogP contribution in [-0.4, -0.2) is 20.7 Å². The molecule has 178 valence electrons. The number of carbonyl (C=O) groups excluding carboxylic acids is 1. The molecule has 0 aliphatic carbocycles. The molecule has 4 N–H and O–H groups in total. The Bertz CT molecular complexity index is 1600. The van der Waals surface area contributed by atoms with E-state index in [1.165, 1.54) is 6.08 Å². The van der Waals surface area contributed by atoms with Crippen LogP contribution in [0.3, 0.4) is 0 Å². The van der Waals surface area contributed by atoms with E-state index >= 15 is 0 Å². The Morgan fingerprint density at radius 2 is 1.94 bits per heavy atom. The molecule has 4 rings (SSSR count). The lowest BCUT2D eigenvalue weighted by molar-refractivity contribution is -0.111. The largest absolute Gasteiger partial charge is 0.458 e. The SMILES string of the molecule is C#C/C=C\C(=C/C)Oc1ccc(-c2cn(-c3ccc(NC(=O)C=C)cc3)c3c(=O)[nH]nc(N)c23)cc1. The summed E-state index contributed by atoms with van der Waals surface area (Å²) < 4.78 is 7.60. The zero-order valence-corrected chi connectivity index (χ0v) is 19.5. The average molecular weight is 478 g/mol. The summed E-state index contributed by atoms with van der Waals surface area (Å²) >= 11 is 0. The summed E-state index contributed by atoms with van der Waals surface area (Å²) in [7, 11) is 0. The summed E-state index contributed by atoms with van der Waals surface area (Å²) in [6.07, 6.45) is 13.4. The maximum absolute atomic E-state index is 12.8. The monoisotopic (exact) mass is 477 g/mol. The van der Waals surface area contributed by atoms with Gasteiger partial charge in [-0.2, -0.15) is 5.10 Å². The number of benzene rings is 2. The van der Waals surface area contributed by atoms with Gasteiger partial charge in [0.25, 0.3) is 5.56 Å². The second-order valence-corrected chi connectivity index (χ2v) is 7.63. The fraction of sp³-hybridized carbons (Fsp3) is 0.0357. The number of rotatable bonds is 7. The molecule has 0 unspecified atom stereocenters. The quantitative estimate of drug-likeness (QED) is 0.156. The second-order valence-electron chi connectivity index (χ2n) is 7.63. The van der Waals surface area contributed by atoms with E-state index in [0.717, 1.165) is 11.1 Å². The molecule has 36 heavy (non-hydrogen) atoms. The molecule has 0 radical (unpaired) electrons. The third kappa shape index (κ3) is 4.81. The van der Waals surface area contributed by atoms with Crippen molar-refractivity contribution in [3.05, 3.63) is 102 Å². The van der Waals surface area contributed by atoms with Gasteiger partial charge in [-0.3, -0.25) is 9.59 Å². The van der Waals surface area contributed by atoms with Crippen molar-refractivity contribution in [2.45, 2.75) is 6.92 Å². The minimum Gasteiger partial charge on any atom is -0.458 e. The topological polar surface area (TPSA) is 115 Å². The van der Waals surface area contributed by atoms with Crippen LogP contribution in [0.2, 0.25) is 0 Å². The van der Waals surface area contributed by atoms with Crippen LogP contribution < -0.4 is 21.3 Å². The molecule has 0 spiro atoms. The van der Waals surface area contributed by atoms with Crippen molar-refractivity contribution < 1.29 is 9.53 Å². The molecule has 0 saturated carbocycles. The van der Waals surface area contributed by atoms with Crippen molar-refractivity contribution in [3.8, 4) is 34.9 Å². The number of carbonyl (C=O) groups is 1. The lowest BCUT2D eigenvalue weighted by Gasteiger charge is -2.07. The fourth-order valence-corrected chi connectivity index (χ4v) is 3.69. The second kappa shape index (κ2) is 10.3. The van der Waals surface area contributed by atoms with Crippen molar-refractivity contribution in [3.63, 3.8) is 0 Å². The summed E-state index contributed by atoms with van der Waals surface area (Å²) in [6.45, 7) is 5.30. The number of amides is 1. The van der Waals surface area contributed by atoms with Gasteiger partial charge >= 0.3 is 0 Å². The molecule has 1 amide bonds. The lowest BCUT2D eigenvalue weighted by atomic mass is 10.1. The number of nitrogens with one attached hydrogen (secondary N) is 2. The highest BCUT2D eigenvalue weighted by Crippen LogP contribution is 2.34. The number of aromatic nitrogens is 3. The minimum absolute atomic E-state index is 0.198. The average Bonchev–Trinajstić information content (AvgIpc) is 3.31. The van der Waals surface area contributed by atoms with Gasteiger partial charge in [0.2, 0.25) is 5.91 Å². The normalized spacial score (nSPS) is 11.4. The first-order valence-corrected chi connectivity index (χ1v) is 11.0. The molecule has 0 bridgehead atoms. The predicted octanol–water partition coefficient (Wildman–Crippen LogP) is 4.56. The van der Waals surface area contributed by atoms with Gasteiger partial charge in [-0.05, 0) is 73.2 Å². The molecule has 4 aromatic rings. The third-order valence-electron chi connectivity index (χ3n) is 5.38. The van der Waals surface area contributed by atoms with Crippen LogP contribution in [0.25, 0.3) is 27.7 Å². The standard InChI is InChI=1S/C28H23N5O3/c1-4-7-8-21(5-2)36-22-15-9-18(10-16-22)23-17-33(26-25(23)27(29)31-32-28(26)35)20-13-11-19(12-14-20)30-24(34)6-3/h1,5-17H,3H2,2H3,(H2,29,31)(H,30,34)(H,32,35)/b8-7-,21-5+. The van der Waals surface area contributed by atoms with Crippen molar-refractivity contribution in [1.29, 1.82) is 0 Å². The maximum Gasteiger partial charge on any atom is 0.289 e. The van der Waals surface area contributed by atoms with Gasteiger partial charge in [-0.25, -0.2) is 5.10 Å². The van der Waals surface area contributed by atoms with Gasteiger partial charge in [-0.15, -0.1) is 6.42 Å². The lowest BCUT2D eigenvalue weighted by Crippen LogP contribution is -2.13. The summed E-state index contributed by atoms with van der Waals surface area (Å²) in [5.74, 6) is 3.56. The number of hydrogen-bond donors (Lipinski definition) is 3. The van der Waals surface area contributed by atoms with E-state index in [4.69, 9.17) is 16.9 Å². The molecule has 2 heterocycles. The molecule has 2 aromatic carbocycles. The van der Waals surface area contributed by atoms with Gasteiger partial charge in [-0.1, -0.05) is 24.6 Å². The zero-order chi connectivity index (χ0) is 25.7. The van der Waals surface area contributed by atoms with Crippen LogP contribution in [0.1, 0.15) is 6.92 Å². The number of hydrogen-bond acceptors (Lipinski definition) is 5. The number of allylic oxidation sites excluding steroid dienone is 3. The Morgan fingerprint density at radius 1 is 1.22 bits per heavy atom. The van der Waals surface area contributed by atoms with E-state index < -0.39 is 0 Å². The number of nitrogens with two attached hydrogens (primary N) is 1. The highest BCUT2D eigenvalue weighted by molar-refractivity contribution is 6.03.